The Balaban J connectivity index is 0.00000420. The van der Waals surface area contributed by atoms with Crippen molar-refractivity contribution in [2.24, 2.45) is 4.99 Å². The van der Waals surface area contributed by atoms with Crippen LogP contribution in [0.5, 0.6) is 5.75 Å². The zero-order chi connectivity index (χ0) is 20.2. The van der Waals surface area contributed by atoms with Crippen molar-refractivity contribution < 1.29 is 14.6 Å². The van der Waals surface area contributed by atoms with Crippen molar-refractivity contribution in [1.82, 2.24) is 15.5 Å². The van der Waals surface area contributed by atoms with E-state index in [0.29, 0.717) is 12.6 Å². The molecule has 0 bridgehead atoms. The van der Waals surface area contributed by atoms with E-state index in [1.54, 1.807) is 7.11 Å². The maximum Gasteiger partial charge on any atom is 0.191 e. The smallest absolute Gasteiger partial charge is 0.191 e. The quantitative estimate of drug-likeness (QED) is 0.249. The number of guanidine groups is 1. The van der Waals surface area contributed by atoms with Crippen LogP contribution in [0.25, 0.3) is 0 Å². The van der Waals surface area contributed by atoms with Gasteiger partial charge in [-0.2, -0.15) is 0 Å². The van der Waals surface area contributed by atoms with Gasteiger partial charge in [0, 0.05) is 39.3 Å². The second-order valence-electron chi connectivity index (χ2n) is 7.25. The van der Waals surface area contributed by atoms with Crippen LogP contribution in [-0.2, 0) is 4.74 Å². The number of methoxy groups -OCH3 is 1. The Kier molecular flexibility index (Phi) is 13.2. The third-order valence-electron chi connectivity index (χ3n) is 4.78. The van der Waals surface area contributed by atoms with Crippen LogP contribution in [0.15, 0.2) is 29.3 Å². The van der Waals surface area contributed by atoms with E-state index in [9.17, 15) is 5.11 Å². The Morgan fingerprint density at radius 1 is 1.34 bits per heavy atom. The van der Waals surface area contributed by atoms with Gasteiger partial charge in [-0.15, -0.1) is 24.0 Å². The van der Waals surface area contributed by atoms with Crippen molar-refractivity contribution in [3.05, 3.63) is 29.8 Å². The summed E-state index contributed by atoms with van der Waals surface area (Å²) in [5.41, 5.74) is 1.14. The van der Waals surface area contributed by atoms with Gasteiger partial charge in [-0.05, 0) is 44.4 Å². The number of hydrogen-bond donors (Lipinski definition) is 3. The van der Waals surface area contributed by atoms with E-state index in [1.165, 1.54) is 0 Å². The molecule has 1 aliphatic rings. The monoisotopic (exact) mass is 520 g/mol. The zero-order valence-electron chi connectivity index (χ0n) is 17.9. The lowest BCUT2D eigenvalue weighted by molar-refractivity contribution is 0.114. The molecule has 1 aromatic carbocycles. The minimum absolute atomic E-state index is 0. The first-order valence-electron chi connectivity index (χ1n) is 10.2. The van der Waals surface area contributed by atoms with Gasteiger partial charge >= 0.3 is 0 Å². The molecule has 0 spiro atoms. The second kappa shape index (κ2) is 14.8. The van der Waals surface area contributed by atoms with E-state index in [0.717, 1.165) is 62.9 Å². The third-order valence-corrected chi connectivity index (χ3v) is 4.78. The maximum absolute atomic E-state index is 10.2. The molecule has 166 valence electrons. The van der Waals surface area contributed by atoms with Crippen LogP contribution >= 0.6 is 24.0 Å². The van der Waals surface area contributed by atoms with Crippen LogP contribution in [0.3, 0.4) is 0 Å². The topological polar surface area (TPSA) is 78.4 Å². The Morgan fingerprint density at radius 2 is 2.10 bits per heavy atom. The Bertz CT molecular complexity index is 595. The predicted molar refractivity (Wildman–Crippen MR) is 129 cm³/mol. The van der Waals surface area contributed by atoms with Crippen LogP contribution in [-0.4, -0.2) is 81.2 Å². The average Bonchev–Trinajstić information content (AvgIpc) is 2.70. The number of rotatable bonds is 10. The fourth-order valence-corrected chi connectivity index (χ4v) is 3.18. The summed E-state index contributed by atoms with van der Waals surface area (Å²) in [5, 5.41) is 17.0. The molecular weight excluding hydrogens is 483 g/mol. The number of aryl methyl sites for hydroxylation is 1. The minimum Gasteiger partial charge on any atom is -0.491 e. The number of ether oxygens (including phenoxy) is 2. The molecule has 1 aromatic rings. The minimum atomic E-state index is -0.646. The van der Waals surface area contributed by atoms with Gasteiger partial charge in [-0.25, -0.2) is 0 Å². The molecule has 29 heavy (non-hydrogen) atoms. The number of aliphatic imine (C=N–C) groups is 1. The molecule has 2 rings (SSSR count). The van der Waals surface area contributed by atoms with Crippen molar-refractivity contribution in [1.29, 1.82) is 0 Å². The lowest BCUT2D eigenvalue weighted by Crippen LogP contribution is -2.49. The molecule has 1 atom stereocenters. The number of nitrogens with zero attached hydrogens (tertiary/aromatic N) is 2. The molecule has 0 radical (unpaired) electrons. The van der Waals surface area contributed by atoms with Crippen molar-refractivity contribution in [2.45, 2.75) is 38.8 Å². The number of piperidine rings is 1. The normalized spacial score (nSPS) is 16.8. The summed E-state index contributed by atoms with van der Waals surface area (Å²) in [5.74, 6) is 1.53. The Labute approximate surface area is 192 Å². The second-order valence-corrected chi connectivity index (χ2v) is 7.25. The molecular formula is C21H37IN4O3. The molecule has 1 fully saturated rings. The van der Waals surface area contributed by atoms with Gasteiger partial charge in [-0.3, -0.25) is 4.99 Å². The highest BCUT2D eigenvalue weighted by molar-refractivity contribution is 14.0. The molecule has 7 nitrogen and oxygen atoms in total. The molecule has 1 saturated heterocycles. The molecule has 1 heterocycles. The fraction of sp³-hybridized carbons (Fsp3) is 0.667. The van der Waals surface area contributed by atoms with Crippen LogP contribution in [0, 0.1) is 6.92 Å². The van der Waals surface area contributed by atoms with Crippen LogP contribution in [0.1, 0.15) is 25.3 Å². The fourth-order valence-electron chi connectivity index (χ4n) is 3.18. The van der Waals surface area contributed by atoms with Crippen molar-refractivity contribution in [2.75, 3.05) is 53.0 Å². The predicted octanol–water partition coefficient (Wildman–Crippen LogP) is 2.02. The first-order chi connectivity index (χ1) is 13.6. The van der Waals surface area contributed by atoms with Crippen molar-refractivity contribution >= 4 is 29.9 Å². The third kappa shape index (κ3) is 10.5. The van der Waals surface area contributed by atoms with Crippen molar-refractivity contribution in [3.63, 3.8) is 0 Å². The molecule has 0 aliphatic carbocycles. The SMILES string of the molecule is CCNC(=NCC(O)COc1cccc(C)c1)NC1CCN(CCOC)CC1.I. The van der Waals surface area contributed by atoms with Gasteiger partial charge in [0.2, 0.25) is 0 Å². The number of aliphatic hydroxyl groups is 1. The molecule has 3 N–H and O–H groups in total. The zero-order valence-corrected chi connectivity index (χ0v) is 20.2. The summed E-state index contributed by atoms with van der Waals surface area (Å²) >= 11 is 0. The van der Waals surface area contributed by atoms with Crippen LogP contribution in [0.4, 0.5) is 0 Å². The van der Waals surface area contributed by atoms with E-state index >= 15 is 0 Å². The van der Waals surface area contributed by atoms with E-state index in [-0.39, 0.29) is 30.6 Å². The van der Waals surface area contributed by atoms with Gasteiger partial charge < -0.3 is 30.1 Å². The lowest BCUT2D eigenvalue weighted by Gasteiger charge is -2.32. The first-order valence-corrected chi connectivity index (χ1v) is 10.2. The average molecular weight is 520 g/mol. The van der Waals surface area contributed by atoms with E-state index in [2.05, 4.69) is 20.5 Å². The van der Waals surface area contributed by atoms with Gasteiger partial charge in [0.1, 0.15) is 18.5 Å². The lowest BCUT2D eigenvalue weighted by atomic mass is 10.1. The van der Waals surface area contributed by atoms with E-state index in [4.69, 9.17) is 9.47 Å². The van der Waals surface area contributed by atoms with E-state index < -0.39 is 6.10 Å². The Hall–Kier alpha value is -1.10. The van der Waals surface area contributed by atoms with Gasteiger partial charge in [0.15, 0.2) is 5.96 Å². The summed E-state index contributed by atoms with van der Waals surface area (Å²) in [7, 11) is 1.74. The number of nitrogens with one attached hydrogen (secondary N) is 2. The summed E-state index contributed by atoms with van der Waals surface area (Å²) in [6.45, 7) is 9.27. The summed E-state index contributed by atoms with van der Waals surface area (Å²) in [6, 6.07) is 8.22. The summed E-state index contributed by atoms with van der Waals surface area (Å²) in [4.78, 5) is 6.97. The molecule has 0 aromatic heterocycles. The molecule has 8 heteroatoms. The summed E-state index contributed by atoms with van der Waals surface area (Å²) < 4.78 is 10.8. The largest absolute Gasteiger partial charge is 0.491 e. The van der Waals surface area contributed by atoms with E-state index in [1.807, 2.05) is 38.1 Å². The number of benzene rings is 1. The van der Waals surface area contributed by atoms with Crippen LogP contribution < -0.4 is 15.4 Å². The number of likely N-dealkylation sites (tertiary alicyclic amines) is 1. The highest BCUT2D eigenvalue weighted by Gasteiger charge is 2.19. The number of halogens is 1. The van der Waals surface area contributed by atoms with Crippen LogP contribution in [0.2, 0.25) is 0 Å². The molecule has 0 amide bonds. The highest BCUT2D eigenvalue weighted by Crippen LogP contribution is 2.12. The summed E-state index contributed by atoms with van der Waals surface area (Å²) in [6.07, 6.45) is 1.51. The Morgan fingerprint density at radius 3 is 2.76 bits per heavy atom. The standard InChI is InChI=1S/C21H36N4O3.HI/c1-4-22-21(24-18-8-10-25(11-9-18)12-13-27-3)23-15-19(26)16-28-20-7-5-6-17(2)14-20;/h5-7,14,18-19,26H,4,8-13,15-16H2,1-3H3,(H2,22,23,24);1H. The first kappa shape index (κ1) is 25.9. The number of hydrogen-bond acceptors (Lipinski definition) is 5. The molecule has 1 aliphatic heterocycles. The maximum atomic E-state index is 10.2. The van der Waals surface area contributed by atoms with Gasteiger partial charge in [0.25, 0.3) is 0 Å². The number of aliphatic hydroxyl groups excluding tert-OH is 1. The molecule has 0 saturated carbocycles. The van der Waals surface area contributed by atoms with Gasteiger partial charge in [-0.1, -0.05) is 12.1 Å². The van der Waals surface area contributed by atoms with Gasteiger partial charge in [0.05, 0.1) is 13.2 Å². The highest BCUT2D eigenvalue weighted by atomic mass is 127. The van der Waals surface area contributed by atoms with Crippen molar-refractivity contribution in [3.8, 4) is 5.75 Å². The molecule has 1 unspecified atom stereocenters.